The van der Waals surface area contributed by atoms with Crippen LogP contribution in [0.25, 0.3) is 69.9 Å². The van der Waals surface area contributed by atoms with Gasteiger partial charge in [0.2, 0.25) is 6.19 Å². The van der Waals surface area contributed by atoms with Gasteiger partial charge in [-0.15, -0.1) is 4.95 Å². The Kier molecular flexibility index (Phi) is 5.00. The second-order valence-corrected chi connectivity index (χ2v) is 9.60. The molecule has 7 aromatic carbocycles. The monoisotopic (exact) mass is 524 g/mol. The van der Waals surface area contributed by atoms with Gasteiger partial charge in [-0.3, -0.25) is 0 Å². The predicted molar refractivity (Wildman–Crippen MR) is 150 cm³/mol. The van der Waals surface area contributed by atoms with E-state index in [1.54, 1.807) is 6.19 Å². The Balaban J connectivity index is 1.59. The number of hydrogen-bond donors (Lipinski definition) is 0. The van der Waals surface area contributed by atoms with Crippen LogP contribution in [-0.2, 0) is 6.18 Å². The summed E-state index contributed by atoms with van der Waals surface area (Å²) in [7, 11) is 0. The summed E-state index contributed by atoms with van der Waals surface area (Å²) in [4.78, 5) is 7.26. The fourth-order valence-corrected chi connectivity index (χ4v) is 5.83. The van der Waals surface area contributed by atoms with E-state index < -0.39 is 11.7 Å². The molecule has 0 aliphatic rings. The largest absolute Gasteiger partial charge is 0.416 e. The quantitative estimate of drug-likeness (QED) is 0.122. The molecule has 7 aromatic rings. The van der Waals surface area contributed by atoms with Crippen molar-refractivity contribution in [3.05, 3.63) is 119 Å². The molecule has 0 bridgehead atoms. The summed E-state index contributed by atoms with van der Waals surface area (Å²) >= 11 is 0. The van der Waals surface area contributed by atoms with E-state index in [1.807, 2.05) is 48.5 Å². The zero-order chi connectivity index (χ0) is 27.6. The summed E-state index contributed by atoms with van der Waals surface area (Å²) in [6.07, 6.45) is -2.78. The summed E-state index contributed by atoms with van der Waals surface area (Å²) in [5.74, 6) is 0. The Morgan fingerprint density at radius 1 is 0.650 bits per heavy atom. The first-order valence-corrected chi connectivity index (χ1v) is 12.3. The minimum atomic E-state index is -4.53. The van der Waals surface area contributed by atoms with Crippen LogP contribution in [0.1, 0.15) is 5.56 Å². The van der Waals surface area contributed by atoms with Crippen molar-refractivity contribution in [3.8, 4) is 17.3 Å². The SMILES string of the molecule is [C-]#[N+]/N=c1/c2cc(-c3cccc4ccccc34)ccc2c2cc3c(=NC#N)c4cc(C(F)(F)F)ccc4c3cc12. The van der Waals surface area contributed by atoms with Crippen molar-refractivity contribution in [1.29, 1.82) is 5.26 Å². The smallest absolute Gasteiger partial charge is 0.181 e. The zero-order valence-corrected chi connectivity index (χ0v) is 20.6. The molecule has 0 aliphatic heterocycles. The average Bonchev–Trinajstić information content (AvgIpc) is 3.42. The third kappa shape index (κ3) is 3.38. The van der Waals surface area contributed by atoms with Gasteiger partial charge < -0.3 is 0 Å². The summed E-state index contributed by atoms with van der Waals surface area (Å²) in [6, 6.07) is 27.5. The van der Waals surface area contributed by atoms with Crippen LogP contribution in [0, 0.1) is 18.0 Å². The maximum atomic E-state index is 13.5. The molecular formula is C33H15F3N4. The lowest BCUT2D eigenvalue weighted by atomic mass is 9.97. The number of hydrogen-bond acceptors (Lipinski definition) is 3. The van der Waals surface area contributed by atoms with Crippen molar-refractivity contribution in [3.63, 3.8) is 0 Å². The Morgan fingerprint density at radius 3 is 2.02 bits per heavy atom. The van der Waals surface area contributed by atoms with Crippen molar-refractivity contribution in [2.75, 3.05) is 0 Å². The number of alkyl halides is 3. The van der Waals surface area contributed by atoms with E-state index in [-0.39, 0.29) is 10.7 Å². The molecule has 0 heterocycles. The summed E-state index contributed by atoms with van der Waals surface area (Å²) in [5, 5.41) is 21.6. The van der Waals surface area contributed by atoms with Crippen molar-refractivity contribution in [1.82, 2.24) is 0 Å². The second-order valence-electron chi connectivity index (χ2n) is 9.60. The number of fused-ring (bicyclic) bond motifs is 7. The Bertz CT molecular complexity index is 2390. The van der Waals surface area contributed by atoms with E-state index in [0.29, 0.717) is 26.9 Å². The fourth-order valence-electron chi connectivity index (χ4n) is 5.83. The first-order valence-electron chi connectivity index (χ1n) is 12.3. The van der Waals surface area contributed by atoms with E-state index in [4.69, 9.17) is 6.57 Å². The normalized spacial score (nSPS) is 13.1. The highest BCUT2D eigenvalue weighted by atomic mass is 19.4. The molecular weight excluding hydrogens is 509 g/mol. The average molecular weight is 525 g/mol. The summed E-state index contributed by atoms with van der Waals surface area (Å²) in [5.41, 5.74) is 1.23. The fraction of sp³-hybridized carbons (Fsp3) is 0.0303. The summed E-state index contributed by atoms with van der Waals surface area (Å²) in [6.45, 7) is 7.49. The molecule has 188 valence electrons. The van der Waals surface area contributed by atoms with Crippen molar-refractivity contribution in [2.45, 2.75) is 6.18 Å². The van der Waals surface area contributed by atoms with Gasteiger partial charge in [0.05, 0.1) is 16.0 Å². The van der Waals surface area contributed by atoms with Crippen molar-refractivity contribution < 1.29 is 13.2 Å². The first kappa shape index (κ1) is 23.6. The number of nitriles is 1. The molecule has 0 unspecified atom stereocenters. The standard InChI is InChI=1S/C33H15F3N4/c1-38-40-32-27-13-19(22-8-4-6-18-5-2-3-7-21(18)22)9-11-23(27)26-15-29-25(16-30(26)32)24-12-10-20(33(34,35)36)14-28(24)31(29)39-17-37/h2-16H/b39-31?,40-32-. The van der Waals surface area contributed by atoms with Crippen molar-refractivity contribution >= 4 is 53.9 Å². The highest BCUT2D eigenvalue weighted by molar-refractivity contribution is 6.21. The van der Waals surface area contributed by atoms with Crippen LogP contribution < -0.4 is 10.7 Å². The molecule has 0 aliphatic carbocycles. The van der Waals surface area contributed by atoms with Gasteiger partial charge in [0.25, 0.3) is 0 Å². The Hall–Kier alpha value is -5.53. The summed E-state index contributed by atoms with van der Waals surface area (Å²) < 4.78 is 40.5. The van der Waals surface area contributed by atoms with Gasteiger partial charge in [-0.1, -0.05) is 60.7 Å². The zero-order valence-electron chi connectivity index (χ0n) is 20.6. The van der Waals surface area contributed by atoms with Gasteiger partial charge in [-0.05, 0) is 73.8 Å². The molecule has 7 rings (SSSR count). The molecule has 0 atom stereocenters. The van der Waals surface area contributed by atoms with Gasteiger partial charge in [0.15, 0.2) is 5.36 Å². The molecule has 40 heavy (non-hydrogen) atoms. The lowest BCUT2D eigenvalue weighted by molar-refractivity contribution is -0.137. The molecule has 0 saturated carbocycles. The number of halogens is 3. The molecule has 0 fully saturated rings. The minimum absolute atomic E-state index is 0.200. The number of nitrogens with zero attached hydrogens (tertiary/aromatic N) is 4. The van der Waals surface area contributed by atoms with E-state index in [2.05, 4.69) is 39.3 Å². The molecule has 7 heteroatoms. The topological polar surface area (TPSA) is 52.9 Å². The first-order chi connectivity index (χ1) is 19.4. The Morgan fingerprint density at radius 2 is 1.30 bits per heavy atom. The van der Waals surface area contributed by atoms with Gasteiger partial charge in [0, 0.05) is 21.5 Å². The third-order valence-corrected chi connectivity index (χ3v) is 7.54. The molecule has 0 aromatic heterocycles. The van der Waals surface area contributed by atoms with Crippen molar-refractivity contribution in [2.24, 2.45) is 10.1 Å². The van der Waals surface area contributed by atoms with Crippen LogP contribution in [-0.4, -0.2) is 0 Å². The maximum absolute atomic E-state index is 13.5. The van der Waals surface area contributed by atoms with E-state index in [0.717, 1.165) is 50.2 Å². The van der Waals surface area contributed by atoms with Crippen LogP contribution in [0.3, 0.4) is 0 Å². The van der Waals surface area contributed by atoms with Crippen LogP contribution >= 0.6 is 0 Å². The van der Waals surface area contributed by atoms with Gasteiger partial charge in [-0.25, -0.2) is 0 Å². The third-order valence-electron chi connectivity index (χ3n) is 7.54. The van der Waals surface area contributed by atoms with Gasteiger partial charge in [-0.2, -0.15) is 30.0 Å². The molecule has 0 radical (unpaired) electrons. The number of benzene rings is 5. The van der Waals surface area contributed by atoms with Crippen LogP contribution in [0.5, 0.6) is 0 Å². The molecule has 0 spiro atoms. The Labute approximate surface area is 224 Å². The molecule has 0 N–H and O–H groups in total. The molecule has 4 nitrogen and oxygen atoms in total. The van der Waals surface area contributed by atoms with Crippen LogP contribution in [0.15, 0.2) is 101 Å². The maximum Gasteiger partial charge on any atom is 0.416 e. The lowest BCUT2D eigenvalue weighted by Crippen LogP contribution is -2.06. The minimum Gasteiger partial charge on any atom is -0.181 e. The highest BCUT2D eigenvalue weighted by Gasteiger charge is 2.31. The van der Waals surface area contributed by atoms with Crippen LogP contribution in [0.2, 0.25) is 0 Å². The van der Waals surface area contributed by atoms with Crippen LogP contribution in [0.4, 0.5) is 13.2 Å². The van der Waals surface area contributed by atoms with Gasteiger partial charge in [0.1, 0.15) is 0 Å². The van der Waals surface area contributed by atoms with E-state index >= 15 is 0 Å². The second kappa shape index (κ2) is 8.49. The predicted octanol–water partition coefficient (Wildman–Crippen LogP) is 8.13. The molecule has 0 amide bonds. The number of rotatable bonds is 1. The molecule has 0 saturated heterocycles. The highest BCUT2D eigenvalue weighted by Crippen LogP contribution is 2.37. The van der Waals surface area contributed by atoms with E-state index in [9.17, 15) is 18.4 Å². The van der Waals surface area contributed by atoms with E-state index in [1.165, 1.54) is 6.07 Å². The lowest BCUT2D eigenvalue weighted by Gasteiger charge is -2.07. The van der Waals surface area contributed by atoms with Gasteiger partial charge >= 0.3 is 6.18 Å².